The van der Waals surface area contributed by atoms with Crippen LogP contribution in [0.2, 0.25) is 0 Å². The van der Waals surface area contributed by atoms with Gasteiger partial charge in [-0.15, -0.1) is 0 Å². The van der Waals surface area contributed by atoms with Crippen molar-refractivity contribution >= 4 is 5.69 Å². The average Bonchev–Trinajstić information content (AvgIpc) is 2.61. The zero-order valence-corrected chi connectivity index (χ0v) is 10.6. The molecule has 0 bridgehead atoms. The molecule has 0 atom stereocenters. The van der Waals surface area contributed by atoms with Crippen LogP contribution in [0.15, 0.2) is 18.2 Å². The molecule has 0 spiro atoms. The minimum Gasteiger partial charge on any atom is -0.374 e. The molecule has 1 aromatic carbocycles. The highest BCUT2D eigenvalue weighted by Gasteiger charge is 2.17. The van der Waals surface area contributed by atoms with E-state index in [1.165, 1.54) is 17.7 Å². The third kappa shape index (κ3) is 2.38. The summed E-state index contributed by atoms with van der Waals surface area (Å²) in [4.78, 5) is 2.35. The van der Waals surface area contributed by atoms with Gasteiger partial charge in [0.1, 0.15) is 0 Å². The molecule has 16 heavy (non-hydrogen) atoms. The van der Waals surface area contributed by atoms with Gasteiger partial charge in [-0.1, -0.05) is 26.0 Å². The van der Waals surface area contributed by atoms with Crippen LogP contribution in [0.5, 0.6) is 0 Å². The molecular formula is C14H22N2. The molecule has 1 aliphatic rings. The predicted molar refractivity (Wildman–Crippen MR) is 70.0 cm³/mol. The summed E-state index contributed by atoms with van der Waals surface area (Å²) >= 11 is 0. The summed E-state index contributed by atoms with van der Waals surface area (Å²) in [5, 5.41) is 3.53. The van der Waals surface area contributed by atoms with Crippen LogP contribution in [0, 0.1) is 5.92 Å². The van der Waals surface area contributed by atoms with Gasteiger partial charge in [-0.3, -0.25) is 0 Å². The number of hydrogen-bond donors (Lipinski definition) is 1. The molecule has 0 fully saturated rings. The fourth-order valence-corrected chi connectivity index (χ4v) is 2.33. The first-order valence-electron chi connectivity index (χ1n) is 6.21. The molecule has 0 unspecified atom stereocenters. The van der Waals surface area contributed by atoms with Gasteiger partial charge in [0.05, 0.1) is 0 Å². The number of fused-ring (bicyclic) bond motifs is 1. The van der Waals surface area contributed by atoms with Gasteiger partial charge >= 0.3 is 0 Å². The van der Waals surface area contributed by atoms with Crippen molar-refractivity contribution in [2.24, 2.45) is 5.92 Å². The lowest BCUT2D eigenvalue weighted by atomic mass is 10.0. The van der Waals surface area contributed by atoms with E-state index in [-0.39, 0.29) is 0 Å². The lowest BCUT2D eigenvalue weighted by Gasteiger charge is -2.14. The standard InChI is InChI=1S/C14H22N2/c1-11(2)9-15-10-12-5-4-6-14-13(12)7-8-16(14)3/h4-6,11,15H,7-10H2,1-3H3. The lowest BCUT2D eigenvalue weighted by Crippen LogP contribution is -2.19. The van der Waals surface area contributed by atoms with Gasteiger partial charge in [0.15, 0.2) is 0 Å². The van der Waals surface area contributed by atoms with Crippen LogP contribution >= 0.6 is 0 Å². The Morgan fingerprint density at radius 3 is 2.94 bits per heavy atom. The average molecular weight is 218 g/mol. The van der Waals surface area contributed by atoms with Crippen molar-refractivity contribution < 1.29 is 0 Å². The molecule has 0 saturated heterocycles. The summed E-state index contributed by atoms with van der Waals surface area (Å²) in [6.45, 7) is 7.76. The van der Waals surface area contributed by atoms with Crippen LogP contribution in [-0.4, -0.2) is 20.1 Å². The van der Waals surface area contributed by atoms with E-state index in [0.717, 1.165) is 25.6 Å². The van der Waals surface area contributed by atoms with E-state index in [0.29, 0.717) is 0 Å². The maximum absolute atomic E-state index is 3.53. The molecule has 0 saturated carbocycles. The van der Waals surface area contributed by atoms with E-state index in [4.69, 9.17) is 0 Å². The second-order valence-corrected chi connectivity index (χ2v) is 5.11. The van der Waals surface area contributed by atoms with Gasteiger partial charge in [-0.05, 0) is 36.1 Å². The smallest absolute Gasteiger partial charge is 0.0400 e. The van der Waals surface area contributed by atoms with Gasteiger partial charge in [-0.25, -0.2) is 0 Å². The van der Waals surface area contributed by atoms with Gasteiger partial charge in [0.2, 0.25) is 0 Å². The zero-order chi connectivity index (χ0) is 11.5. The van der Waals surface area contributed by atoms with E-state index in [2.05, 4.69) is 49.3 Å². The number of rotatable bonds is 4. The largest absolute Gasteiger partial charge is 0.374 e. The number of hydrogen-bond acceptors (Lipinski definition) is 2. The molecule has 1 N–H and O–H groups in total. The van der Waals surface area contributed by atoms with Crippen molar-refractivity contribution in [1.82, 2.24) is 5.32 Å². The number of benzene rings is 1. The molecule has 0 aromatic heterocycles. The first-order chi connectivity index (χ1) is 7.68. The second-order valence-electron chi connectivity index (χ2n) is 5.11. The molecule has 0 radical (unpaired) electrons. The highest BCUT2D eigenvalue weighted by molar-refractivity contribution is 5.60. The Morgan fingerprint density at radius 2 is 2.19 bits per heavy atom. The minimum absolute atomic E-state index is 0.722. The summed E-state index contributed by atoms with van der Waals surface area (Å²) in [5.41, 5.74) is 4.44. The van der Waals surface area contributed by atoms with E-state index in [9.17, 15) is 0 Å². The maximum atomic E-state index is 3.53. The monoisotopic (exact) mass is 218 g/mol. The first-order valence-corrected chi connectivity index (χ1v) is 6.21. The Bertz CT molecular complexity index is 358. The molecular weight excluding hydrogens is 196 g/mol. The number of likely N-dealkylation sites (N-methyl/N-ethyl adjacent to an activating group) is 1. The summed E-state index contributed by atoms with van der Waals surface area (Å²) in [5.74, 6) is 0.722. The fourth-order valence-electron chi connectivity index (χ4n) is 2.33. The molecule has 0 amide bonds. The van der Waals surface area contributed by atoms with Crippen molar-refractivity contribution in [1.29, 1.82) is 0 Å². The molecule has 1 heterocycles. The van der Waals surface area contributed by atoms with Crippen LogP contribution in [-0.2, 0) is 13.0 Å². The summed E-state index contributed by atoms with van der Waals surface area (Å²) < 4.78 is 0. The van der Waals surface area contributed by atoms with Gasteiger partial charge in [0, 0.05) is 25.8 Å². The highest BCUT2D eigenvalue weighted by atomic mass is 15.1. The van der Waals surface area contributed by atoms with Crippen molar-refractivity contribution in [3.8, 4) is 0 Å². The Labute approximate surface area is 98.7 Å². The Kier molecular flexibility index (Phi) is 3.49. The van der Waals surface area contributed by atoms with Crippen molar-refractivity contribution in [2.45, 2.75) is 26.8 Å². The molecule has 2 heteroatoms. The summed E-state index contributed by atoms with van der Waals surface area (Å²) in [7, 11) is 2.18. The third-order valence-electron chi connectivity index (χ3n) is 3.22. The number of nitrogens with zero attached hydrogens (tertiary/aromatic N) is 1. The van der Waals surface area contributed by atoms with E-state index >= 15 is 0 Å². The van der Waals surface area contributed by atoms with E-state index in [1.54, 1.807) is 5.56 Å². The third-order valence-corrected chi connectivity index (χ3v) is 3.22. The van der Waals surface area contributed by atoms with E-state index in [1.807, 2.05) is 0 Å². The summed E-state index contributed by atoms with van der Waals surface area (Å²) in [6, 6.07) is 6.66. The molecule has 1 aromatic rings. The van der Waals surface area contributed by atoms with Gasteiger partial charge in [0.25, 0.3) is 0 Å². The maximum Gasteiger partial charge on any atom is 0.0400 e. The molecule has 2 nitrogen and oxygen atoms in total. The Balaban J connectivity index is 2.05. The second kappa shape index (κ2) is 4.88. The van der Waals surface area contributed by atoms with Crippen molar-refractivity contribution in [3.05, 3.63) is 29.3 Å². The van der Waals surface area contributed by atoms with Crippen LogP contribution in [0.4, 0.5) is 5.69 Å². The Morgan fingerprint density at radius 1 is 1.38 bits per heavy atom. The van der Waals surface area contributed by atoms with Crippen LogP contribution < -0.4 is 10.2 Å². The Hall–Kier alpha value is -1.02. The highest BCUT2D eigenvalue weighted by Crippen LogP contribution is 2.29. The van der Waals surface area contributed by atoms with Crippen LogP contribution in [0.25, 0.3) is 0 Å². The lowest BCUT2D eigenvalue weighted by molar-refractivity contribution is 0.551. The fraction of sp³-hybridized carbons (Fsp3) is 0.571. The van der Waals surface area contributed by atoms with Crippen molar-refractivity contribution in [3.63, 3.8) is 0 Å². The van der Waals surface area contributed by atoms with Crippen molar-refractivity contribution in [2.75, 3.05) is 25.0 Å². The molecule has 1 aliphatic heterocycles. The quantitative estimate of drug-likeness (QED) is 0.835. The normalized spacial score (nSPS) is 14.6. The van der Waals surface area contributed by atoms with Crippen LogP contribution in [0.1, 0.15) is 25.0 Å². The van der Waals surface area contributed by atoms with Gasteiger partial charge in [-0.2, -0.15) is 0 Å². The summed E-state index contributed by atoms with van der Waals surface area (Å²) in [6.07, 6.45) is 1.20. The zero-order valence-electron chi connectivity index (χ0n) is 10.6. The van der Waals surface area contributed by atoms with Crippen LogP contribution in [0.3, 0.4) is 0 Å². The topological polar surface area (TPSA) is 15.3 Å². The van der Waals surface area contributed by atoms with E-state index < -0.39 is 0 Å². The van der Waals surface area contributed by atoms with Gasteiger partial charge < -0.3 is 10.2 Å². The predicted octanol–water partition coefficient (Wildman–Crippen LogP) is 2.42. The first kappa shape index (κ1) is 11.5. The molecule has 2 rings (SSSR count). The molecule has 88 valence electrons. The SMILES string of the molecule is CC(C)CNCc1cccc2c1CCN2C. The minimum atomic E-state index is 0.722. The number of anilines is 1. The molecule has 0 aliphatic carbocycles. The number of nitrogens with one attached hydrogen (secondary N) is 1.